The molecular formula is C20H24N4O2. The number of ether oxygens (including phenoxy) is 1. The average molecular weight is 352 g/mol. The van der Waals surface area contributed by atoms with Crippen molar-refractivity contribution in [3.05, 3.63) is 59.7 Å². The second-order valence-corrected chi connectivity index (χ2v) is 6.77. The van der Waals surface area contributed by atoms with Crippen LogP contribution < -0.4 is 4.74 Å². The molecule has 26 heavy (non-hydrogen) atoms. The fourth-order valence-electron chi connectivity index (χ4n) is 3.06. The summed E-state index contributed by atoms with van der Waals surface area (Å²) in [5.41, 5.74) is 2.28. The van der Waals surface area contributed by atoms with Crippen molar-refractivity contribution >= 4 is 11.7 Å². The van der Waals surface area contributed by atoms with E-state index < -0.39 is 0 Å². The molecule has 3 rings (SSSR count). The molecule has 0 aliphatic rings. The first-order valence-electron chi connectivity index (χ1n) is 8.71. The molecule has 0 saturated carbocycles. The summed E-state index contributed by atoms with van der Waals surface area (Å²) < 4.78 is 7.06. The molecule has 136 valence electrons. The molecule has 0 radical (unpaired) electrons. The summed E-state index contributed by atoms with van der Waals surface area (Å²) in [7, 11) is 1.64. The Morgan fingerprint density at radius 2 is 2.12 bits per heavy atom. The van der Waals surface area contributed by atoms with E-state index >= 15 is 0 Å². The van der Waals surface area contributed by atoms with Gasteiger partial charge in [0.2, 0.25) is 5.78 Å². The molecule has 2 heterocycles. The van der Waals surface area contributed by atoms with Crippen LogP contribution in [0.5, 0.6) is 5.75 Å². The summed E-state index contributed by atoms with van der Waals surface area (Å²) in [4.78, 5) is 23.9. The van der Waals surface area contributed by atoms with Crippen LogP contribution >= 0.6 is 0 Å². The highest BCUT2D eigenvalue weighted by Gasteiger charge is 2.23. The Morgan fingerprint density at radius 1 is 1.31 bits per heavy atom. The van der Waals surface area contributed by atoms with Crippen LogP contribution in [-0.4, -0.2) is 38.8 Å². The number of nitrogens with zero attached hydrogens (tertiary/aromatic N) is 4. The van der Waals surface area contributed by atoms with Crippen LogP contribution in [0.2, 0.25) is 0 Å². The molecule has 3 aromatic rings. The van der Waals surface area contributed by atoms with Gasteiger partial charge in [0.05, 0.1) is 12.8 Å². The monoisotopic (exact) mass is 352 g/mol. The lowest BCUT2D eigenvalue weighted by atomic mass is 10.1. The highest BCUT2D eigenvalue weighted by Crippen LogP contribution is 2.19. The number of fused-ring (bicyclic) bond motifs is 1. The summed E-state index contributed by atoms with van der Waals surface area (Å²) in [5, 5.41) is 0. The Bertz CT molecular complexity index is 917. The van der Waals surface area contributed by atoms with E-state index in [1.807, 2.05) is 42.3 Å². The second-order valence-electron chi connectivity index (χ2n) is 6.77. The first-order chi connectivity index (χ1) is 12.5. The number of hydrogen-bond donors (Lipinski definition) is 0. The van der Waals surface area contributed by atoms with Gasteiger partial charge in [0.15, 0.2) is 0 Å². The molecule has 6 nitrogen and oxygen atoms in total. The molecular weight excluding hydrogens is 328 g/mol. The maximum absolute atomic E-state index is 13.3. The summed E-state index contributed by atoms with van der Waals surface area (Å²) >= 11 is 0. The van der Waals surface area contributed by atoms with Crippen LogP contribution in [0, 0.1) is 12.8 Å². The van der Waals surface area contributed by atoms with E-state index in [0.717, 1.165) is 11.3 Å². The number of carbonyl (C=O) groups excluding carboxylic acids is 1. The number of aryl methyl sites for hydroxylation is 1. The smallest absolute Gasteiger partial charge is 0.273 e. The van der Waals surface area contributed by atoms with Gasteiger partial charge in [-0.2, -0.15) is 0 Å². The molecule has 0 N–H and O–H groups in total. The van der Waals surface area contributed by atoms with Crippen molar-refractivity contribution in [3.63, 3.8) is 0 Å². The number of imidazole rings is 1. The topological polar surface area (TPSA) is 59.7 Å². The van der Waals surface area contributed by atoms with Crippen LogP contribution in [0.1, 0.15) is 35.6 Å². The molecule has 0 unspecified atom stereocenters. The molecule has 0 spiro atoms. The average Bonchev–Trinajstić information content (AvgIpc) is 2.96. The number of aromatic nitrogens is 3. The van der Waals surface area contributed by atoms with Gasteiger partial charge in [0.25, 0.3) is 5.91 Å². The lowest BCUT2D eigenvalue weighted by molar-refractivity contribution is 0.0714. The standard InChI is InChI=1S/C20H24N4O2/c1-14(2)12-23(13-16-7-5-8-17(11-16)26-4)19(25)18-15(3)22-20-21-9-6-10-24(18)20/h5-11,14H,12-13H2,1-4H3. The lowest BCUT2D eigenvalue weighted by Crippen LogP contribution is -2.35. The lowest BCUT2D eigenvalue weighted by Gasteiger charge is -2.25. The van der Waals surface area contributed by atoms with Crippen LogP contribution in [0.3, 0.4) is 0 Å². The summed E-state index contributed by atoms with van der Waals surface area (Å²) in [6.07, 6.45) is 3.51. The highest BCUT2D eigenvalue weighted by atomic mass is 16.5. The predicted octanol–water partition coefficient (Wildman–Crippen LogP) is 3.34. The quantitative estimate of drug-likeness (QED) is 0.683. The van der Waals surface area contributed by atoms with Gasteiger partial charge < -0.3 is 9.64 Å². The highest BCUT2D eigenvalue weighted by molar-refractivity contribution is 5.94. The fraction of sp³-hybridized carbons (Fsp3) is 0.350. The van der Waals surface area contributed by atoms with Gasteiger partial charge in [-0.05, 0) is 36.6 Å². The van der Waals surface area contributed by atoms with E-state index in [0.29, 0.717) is 36.2 Å². The summed E-state index contributed by atoms with van der Waals surface area (Å²) in [6, 6.07) is 9.61. The van der Waals surface area contributed by atoms with Crippen molar-refractivity contribution < 1.29 is 9.53 Å². The van der Waals surface area contributed by atoms with Gasteiger partial charge in [0, 0.05) is 25.5 Å². The van der Waals surface area contributed by atoms with Crippen molar-refractivity contribution in [3.8, 4) is 5.75 Å². The summed E-state index contributed by atoms with van der Waals surface area (Å²) in [5.74, 6) is 1.63. The van der Waals surface area contributed by atoms with Crippen molar-refractivity contribution in [2.24, 2.45) is 5.92 Å². The van der Waals surface area contributed by atoms with E-state index in [1.54, 1.807) is 23.8 Å². The third kappa shape index (κ3) is 3.69. The zero-order valence-electron chi connectivity index (χ0n) is 15.6. The third-order valence-corrected chi connectivity index (χ3v) is 4.16. The van der Waals surface area contributed by atoms with Crippen LogP contribution in [0.4, 0.5) is 0 Å². The molecule has 1 amide bonds. The molecule has 0 atom stereocenters. The van der Waals surface area contributed by atoms with E-state index in [4.69, 9.17) is 4.74 Å². The largest absolute Gasteiger partial charge is 0.497 e. The second kappa shape index (κ2) is 7.56. The maximum atomic E-state index is 13.3. The number of methoxy groups -OCH3 is 1. The minimum Gasteiger partial charge on any atom is -0.497 e. The van der Waals surface area contributed by atoms with Gasteiger partial charge in [-0.3, -0.25) is 9.20 Å². The molecule has 0 saturated heterocycles. The number of benzene rings is 1. The van der Waals surface area contributed by atoms with E-state index in [-0.39, 0.29) is 5.91 Å². The zero-order valence-corrected chi connectivity index (χ0v) is 15.6. The van der Waals surface area contributed by atoms with Gasteiger partial charge in [0.1, 0.15) is 11.4 Å². The molecule has 0 aliphatic carbocycles. The van der Waals surface area contributed by atoms with Crippen LogP contribution in [0.15, 0.2) is 42.7 Å². The SMILES string of the molecule is COc1cccc(CN(CC(C)C)C(=O)c2c(C)nc3ncccn23)c1. The van der Waals surface area contributed by atoms with Gasteiger partial charge in [-0.1, -0.05) is 26.0 Å². The number of carbonyl (C=O) groups is 1. The third-order valence-electron chi connectivity index (χ3n) is 4.16. The van der Waals surface area contributed by atoms with Gasteiger partial charge in [-0.25, -0.2) is 9.97 Å². The molecule has 0 fully saturated rings. The Labute approximate surface area is 153 Å². The molecule has 2 aromatic heterocycles. The van der Waals surface area contributed by atoms with Crippen LogP contribution in [-0.2, 0) is 6.54 Å². The van der Waals surface area contributed by atoms with Crippen molar-refractivity contribution in [1.29, 1.82) is 0 Å². The molecule has 6 heteroatoms. The Balaban J connectivity index is 1.96. The molecule has 0 aliphatic heterocycles. The van der Waals surface area contributed by atoms with E-state index in [9.17, 15) is 4.79 Å². The Kier molecular flexibility index (Phi) is 5.21. The van der Waals surface area contributed by atoms with E-state index in [2.05, 4.69) is 23.8 Å². The van der Waals surface area contributed by atoms with Gasteiger partial charge in [-0.15, -0.1) is 0 Å². The minimum absolute atomic E-state index is 0.0421. The Hall–Kier alpha value is -2.89. The first-order valence-corrected chi connectivity index (χ1v) is 8.71. The fourth-order valence-corrected chi connectivity index (χ4v) is 3.06. The first kappa shape index (κ1) is 17.9. The number of hydrogen-bond acceptors (Lipinski definition) is 4. The van der Waals surface area contributed by atoms with E-state index in [1.165, 1.54) is 0 Å². The van der Waals surface area contributed by atoms with Crippen molar-refractivity contribution in [2.45, 2.75) is 27.3 Å². The maximum Gasteiger partial charge on any atom is 0.273 e. The zero-order chi connectivity index (χ0) is 18.7. The number of rotatable bonds is 6. The summed E-state index contributed by atoms with van der Waals surface area (Å²) in [6.45, 7) is 7.23. The molecule has 1 aromatic carbocycles. The van der Waals surface area contributed by atoms with Crippen molar-refractivity contribution in [1.82, 2.24) is 19.3 Å². The van der Waals surface area contributed by atoms with Crippen molar-refractivity contribution in [2.75, 3.05) is 13.7 Å². The minimum atomic E-state index is -0.0421. The normalized spacial score (nSPS) is 11.1. The van der Waals surface area contributed by atoms with Crippen LogP contribution in [0.25, 0.3) is 5.78 Å². The molecule has 0 bridgehead atoms. The predicted molar refractivity (Wildman–Crippen MR) is 100 cm³/mol. The Morgan fingerprint density at radius 3 is 2.85 bits per heavy atom. The number of amides is 1. The van der Waals surface area contributed by atoms with Gasteiger partial charge >= 0.3 is 0 Å².